The Morgan fingerprint density at radius 1 is 1.38 bits per heavy atom. The molecule has 0 radical (unpaired) electrons. The molecule has 0 aliphatic rings. The van der Waals surface area contributed by atoms with Crippen molar-refractivity contribution in [1.29, 1.82) is 0 Å². The predicted molar refractivity (Wildman–Crippen MR) is 49.6 cm³/mol. The third-order valence-corrected chi connectivity index (χ3v) is 1.70. The summed E-state index contributed by atoms with van der Waals surface area (Å²) in [7, 11) is 0. The van der Waals surface area contributed by atoms with Crippen molar-refractivity contribution in [2.24, 2.45) is 0 Å². The van der Waals surface area contributed by atoms with E-state index in [4.69, 9.17) is 10.2 Å². The second kappa shape index (κ2) is 4.11. The van der Waals surface area contributed by atoms with Crippen molar-refractivity contribution in [2.75, 3.05) is 11.9 Å². The maximum Gasteiger partial charge on any atom is 0.169 e. The first-order valence-corrected chi connectivity index (χ1v) is 3.99. The summed E-state index contributed by atoms with van der Waals surface area (Å²) in [5.74, 6) is 0.192. The molecule has 0 aromatic heterocycles. The van der Waals surface area contributed by atoms with Crippen LogP contribution in [-0.2, 0) is 0 Å². The zero-order chi connectivity index (χ0) is 9.84. The van der Waals surface area contributed by atoms with Crippen molar-refractivity contribution >= 4 is 5.69 Å². The fourth-order valence-corrected chi connectivity index (χ4v) is 0.928. The molecule has 0 unspecified atom stereocenters. The number of phenols is 1. The first kappa shape index (κ1) is 9.83. The largest absolute Gasteiger partial charge is 0.508 e. The van der Waals surface area contributed by atoms with Gasteiger partial charge in [-0.3, -0.25) is 0 Å². The van der Waals surface area contributed by atoms with Crippen LogP contribution in [0, 0.1) is 6.92 Å². The molecular weight excluding hydrogens is 170 g/mol. The zero-order valence-electron chi connectivity index (χ0n) is 7.36. The standard InChI is InChI=1S/C9H13NO3/c1-6-2-3-7(4-8(6)11)10-5-9(12)13/h2-4,9-13H,5H2,1H3. The first-order chi connectivity index (χ1) is 6.09. The van der Waals surface area contributed by atoms with Gasteiger partial charge in [0.25, 0.3) is 0 Å². The number of phenolic OH excluding ortho intramolecular Hbond substituents is 1. The molecule has 0 bridgehead atoms. The monoisotopic (exact) mass is 183 g/mol. The van der Waals surface area contributed by atoms with Crippen LogP contribution in [-0.4, -0.2) is 28.2 Å². The molecule has 0 amide bonds. The maximum atomic E-state index is 9.30. The van der Waals surface area contributed by atoms with Crippen LogP contribution in [0.1, 0.15) is 5.56 Å². The van der Waals surface area contributed by atoms with Gasteiger partial charge in [-0.2, -0.15) is 0 Å². The molecule has 0 spiro atoms. The minimum atomic E-state index is -1.39. The molecule has 0 heterocycles. The van der Waals surface area contributed by atoms with Gasteiger partial charge in [0.1, 0.15) is 5.75 Å². The van der Waals surface area contributed by atoms with Gasteiger partial charge >= 0.3 is 0 Å². The number of aliphatic hydroxyl groups excluding tert-OH is 1. The average molecular weight is 183 g/mol. The van der Waals surface area contributed by atoms with Crippen molar-refractivity contribution in [2.45, 2.75) is 13.2 Å². The average Bonchev–Trinajstić information content (AvgIpc) is 2.07. The molecule has 4 nitrogen and oxygen atoms in total. The van der Waals surface area contributed by atoms with Gasteiger partial charge in [0.05, 0.1) is 6.54 Å². The van der Waals surface area contributed by atoms with Gasteiger partial charge in [-0.25, -0.2) is 0 Å². The van der Waals surface area contributed by atoms with E-state index >= 15 is 0 Å². The molecule has 1 aromatic rings. The SMILES string of the molecule is Cc1ccc(NCC(O)O)cc1O. The third kappa shape index (κ3) is 2.93. The van der Waals surface area contributed by atoms with E-state index in [1.54, 1.807) is 19.1 Å². The van der Waals surface area contributed by atoms with Gasteiger partial charge in [0.2, 0.25) is 0 Å². The van der Waals surface area contributed by atoms with Crippen molar-refractivity contribution in [1.82, 2.24) is 0 Å². The highest BCUT2D eigenvalue weighted by Crippen LogP contribution is 2.20. The number of nitrogens with one attached hydrogen (secondary N) is 1. The lowest BCUT2D eigenvalue weighted by Crippen LogP contribution is -2.18. The van der Waals surface area contributed by atoms with Gasteiger partial charge < -0.3 is 20.6 Å². The number of rotatable bonds is 3. The number of hydrogen-bond acceptors (Lipinski definition) is 4. The second-order valence-corrected chi connectivity index (χ2v) is 2.86. The Labute approximate surface area is 76.5 Å². The third-order valence-electron chi connectivity index (χ3n) is 1.70. The summed E-state index contributed by atoms with van der Waals surface area (Å²) in [6.07, 6.45) is -1.39. The Morgan fingerprint density at radius 3 is 2.62 bits per heavy atom. The lowest BCUT2D eigenvalue weighted by Gasteiger charge is -2.08. The molecule has 4 heteroatoms. The number of aromatic hydroxyl groups is 1. The fourth-order valence-electron chi connectivity index (χ4n) is 0.928. The Morgan fingerprint density at radius 2 is 2.08 bits per heavy atom. The summed E-state index contributed by atoms with van der Waals surface area (Å²) < 4.78 is 0. The van der Waals surface area contributed by atoms with Gasteiger partial charge in [0, 0.05) is 11.8 Å². The fraction of sp³-hybridized carbons (Fsp3) is 0.333. The highest BCUT2D eigenvalue weighted by Gasteiger charge is 1.99. The molecule has 1 rings (SSSR count). The normalized spacial score (nSPS) is 10.5. The van der Waals surface area contributed by atoms with Crippen molar-refractivity contribution in [3.63, 3.8) is 0 Å². The number of hydrogen-bond donors (Lipinski definition) is 4. The van der Waals surface area contributed by atoms with Crippen LogP contribution in [0.2, 0.25) is 0 Å². The van der Waals surface area contributed by atoms with Crippen LogP contribution in [0.5, 0.6) is 5.75 Å². The van der Waals surface area contributed by atoms with Crippen LogP contribution >= 0.6 is 0 Å². The number of aryl methyl sites for hydroxylation is 1. The summed E-state index contributed by atoms with van der Waals surface area (Å²) >= 11 is 0. The molecular formula is C9H13NO3. The maximum absolute atomic E-state index is 9.30. The van der Waals surface area contributed by atoms with Crippen molar-refractivity contribution in [3.05, 3.63) is 23.8 Å². The summed E-state index contributed by atoms with van der Waals surface area (Å²) in [5, 5.41) is 29.2. The van der Waals surface area contributed by atoms with E-state index in [0.717, 1.165) is 5.56 Å². The van der Waals surface area contributed by atoms with Gasteiger partial charge in [-0.05, 0) is 18.6 Å². The summed E-state index contributed by atoms with van der Waals surface area (Å²) in [6, 6.07) is 5.05. The minimum Gasteiger partial charge on any atom is -0.508 e. The molecule has 0 aliphatic heterocycles. The van der Waals surface area contributed by atoms with Crippen LogP contribution in [0.3, 0.4) is 0 Å². The quantitative estimate of drug-likeness (QED) is 0.512. The van der Waals surface area contributed by atoms with E-state index in [0.29, 0.717) is 5.69 Å². The van der Waals surface area contributed by atoms with Crippen LogP contribution < -0.4 is 5.32 Å². The Bertz CT molecular complexity index is 286. The molecule has 0 saturated heterocycles. The van der Waals surface area contributed by atoms with Crippen molar-refractivity contribution < 1.29 is 15.3 Å². The van der Waals surface area contributed by atoms with Crippen LogP contribution in [0.15, 0.2) is 18.2 Å². The summed E-state index contributed by atoms with van der Waals surface area (Å²) in [6.45, 7) is 1.84. The van der Waals surface area contributed by atoms with E-state index in [-0.39, 0.29) is 12.3 Å². The molecule has 13 heavy (non-hydrogen) atoms. The van der Waals surface area contributed by atoms with Crippen molar-refractivity contribution in [3.8, 4) is 5.75 Å². The predicted octanol–water partition coefficient (Wildman–Crippen LogP) is 0.423. The van der Waals surface area contributed by atoms with Gasteiger partial charge in [-0.15, -0.1) is 0 Å². The first-order valence-electron chi connectivity index (χ1n) is 3.99. The highest BCUT2D eigenvalue weighted by molar-refractivity contribution is 5.50. The molecule has 4 N–H and O–H groups in total. The molecule has 72 valence electrons. The van der Waals surface area contributed by atoms with E-state index in [1.807, 2.05) is 0 Å². The smallest absolute Gasteiger partial charge is 0.169 e. The number of benzene rings is 1. The Balaban J connectivity index is 2.63. The van der Waals surface area contributed by atoms with E-state index in [1.165, 1.54) is 6.07 Å². The minimum absolute atomic E-state index is 0.0441. The molecule has 0 fully saturated rings. The highest BCUT2D eigenvalue weighted by atomic mass is 16.5. The number of anilines is 1. The Kier molecular flexibility index (Phi) is 3.11. The van der Waals surface area contributed by atoms with E-state index in [2.05, 4.69) is 5.32 Å². The topological polar surface area (TPSA) is 72.7 Å². The van der Waals surface area contributed by atoms with E-state index < -0.39 is 6.29 Å². The Hall–Kier alpha value is -1.26. The summed E-state index contributed by atoms with van der Waals surface area (Å²) in [4.78, 5) is 0. The molecule has 0 atom stereocenters. The molecule has 0 aliphatic carbocycles. The second-order valence-electron chi connectivity index (χ2n) is 2.86. The van der Waals surface area contributed by atoms with Crippen LogP contribution in [0.4, 0.5) is 5.69 Å². The van der Waals surface area contributed by atoms with Crippen LogP contribution in [0.25, 0.3) is 0 Å². The summed E-state index contributed by atoms with van der Waals surface area (Å²) in [5.41, 5.74) is 1.45. The molecule has 1 aromatic carbocycles. The van der Waals surface area contributed by atoms with Gasteiger partial charge in [0.15, 0.2) is 6.29 Å². The lowest BCUT2D eigenvalue weighted by atomic mass is 10.2. The van der Waals surface area contributed by atoms with Gasteiger partial charge in [-0.1, -0.05) is 6.07 Å². The lowest BCUT2D eigenvalue weighted by molar-refractivity contribution is -0.0275. The number of aliphatic hydroxyl groups is 2. The van der Waals surface area contributed by atoms with E-state index in [9.17, 15) is 5.11 Å². The zero-order valence-corrected chi connectivity index (χ0v) is 7.36. The molecule has 0 saturated carbocycles.